The Balaban J connectivity index is 2.26. The molecule has 0 aliphatic heterocycles. The van der Waals surface area contributed by atoms with Crippen molar-refractivity contribution in [3.05, 3.63) is 56.2 Å². The van der Waals surface area contributed by atoms with Crippen LogP contribution in [0, 0.1) is 17.4 Å². The first-order valence-electron chi connectivity index (χ1n) is 7.81. The van der Waals surface area contributed by atoms with Crippen LogP contribution in [0.4, 0.5) is 5.69 Å². The number of methoxy groups -OCH3 is 1. The lowest BCUT2D eigenvalue weighted by Gasteiger charge is -2.17. The number of nitrogens with one attached hydrogen (secondary N) is 1. The summed E-state index contributed by atoms with van der Waals surface area (Å²) in [5, 5.41) is 3.46. The van der Waals surface area contributed by atoms with Gasteiger partial charge in [0.25, 0.3) is 5.17 Å². The van der Waals surface area contributed by atoms with E-state index in [1.807, 2.05) is 12.1 Å². The Morgan fingerprint density at radius 3 is 2.58 bits per heavy atom. The molecule has 0 fully saturated rings. The molecule has 24 heavy (non-hydrogen) atoms. The molecule has 0 atom stereocenters. The number of anilines is 1. The molecule has 2 aromatic rings. The van der Waals surface area contributed by atoms with Crippen LogP contribution < -0.4 is 10.1 Å². The van der Waals surface area contributed by atoms with E-state index in [1.165, 1.54) is 16.7 Å². The molecule has 0 spiro atoms. The van der Waals surface area contributed by atoms with Crippen LogP contribution in [-0.2, 0) is 17.8 Å². The Bertz CT molecular complexity index is 746. The zero-order chi connectivity index (χ0) is 17.7. The Hall–Kier alpha value is -1.34. The van der Waals surface area contributed by atoms with Gasteiger partial charge < -0.3 is 14.8 Å². The molecule has 0 heterocycles. The van der Waals surface area contributed by atoms with Crippen molar-refractivity contribution >= 4 is 45.7 Å². The number of rotatable bonds is 5. The number of halogens is 1. The van der Waals surface area contributed by atoms with Crippen LogP contribution in [0.15, 0.2) is 30.3 Å². The summed E-state index contributed by atoms with van der Waals surface area (Å²) in [7, 11) is 1.56. The molecule has 0 unspecified atom stereocenters. The van der Waals surface area contributed by atoms with Gasteiger partial charge in [-0.15, -0.1) is 0 Å². The summed E-state index contributed by atoms with van der Waals surface area (Å²) in [5.41, 5.74) is 5.74. The van der Waals surface area contributed by atoms with Crippen molar-refractivity contribution in [2.24, 2.45) is 0 Å². The molecule has 0 saturated carbocycles. The van der Waals surface area contributed by atoms with Crippen LogP contribution in [-0.4, -0.2) is 12.3 Å². The first-order valence-corrected chi connectivity index (χ1v) is 9.30. The molecule has 5 heteroatoms. The van der Waals surface area contributed by atoms with E-state index in [0.29, 0.717) is 11.8 Å². The minimum Gasteiger partial charge on any atom is -0.488 e. The van der Waals surface area contributed by atoms with Crippen LogP contribution in [0.5, 0.6) is 5.75 Å². The standard InChI is InChI=1S/C19H22INO2S/c1-5-14-9-12(2)13(3)10-18(14)23-11-15-16(20)7-6-8-17(15)21-19(24)22-4/h6-10H,5,11H2,1-4H3,(H,21,24). The van der Waals surface area contributed by atoms with Crippen molar-refractivity contribution in [1.29, 1.82) is 0 Å². The lowest BCUT2D eigenvalue weighted by molar-refractivity contribution is 0.302. The summed E-state index contributed by atoms with van der Waals surface area (Å²) in [4.78, 5) is 0. The molecule has 0 radical (unpaired) electrons. The van der Waals surface area contributed by atoms with E-state index >= 15 is 0 Å². The van der Waals surface area contributed by atoms with Crippen LogP contribution in [0.1, 0.15) is 29.2 Å². The molecule has 0 bridgehead atoms. The van der Waals surface area contributed by atoms with E-state index < -0.39 is 0 Å². The quantitative estimate of drug-likeness (QED) is 0.484. The summed E-state index contributed by atoms with van der Waals surface area (Å²) in [5.74, 6) is 0.945. The monoisotopic (exact) mass is 455 g/mol. The maximum absolute atomic E-state index is 6.16. The maximum atomic E-state index is 6.16. The van der Waals surface area contributed by atoms with Gasteiger partial charge in [0.05, 0.1) is 7.11 Å². The Morgan fingerprint density at radius 1 is 1.21 bits per heavy atom. The van der Waals surface area contributed by atoms with E-state index in [1.54, 1.807) is 7.11 Å². The van der Waals surface area contributed by atoms with Crippen molar-refractivity contribution in [2.45, 2.75) is 33.8 Å². The number of benzene rings is 2. The van der Waals surface area contributed by atoms with E-state index in [9.17, 15) is 0 Å². The highest BCUT2D eigenvalue weighted by atomic mass is 127. The van der Waals surface area contributed by atoms with E-state index in [-0.39, 0.29) is 0 Å². The molecule has 0 amide bonds. The lowest BCUT2D eigenvalue weighted by atomic mass is 10.0. The fraction of sp³-hybridized carbons (Fsp3) is 0.316. The fourth-order valence-electron chi connectivity index (χ4n) is 2.39. The maximum Gasteiger partial charge on any atom is 0.260 e. The van der Waals surface area contributed by atoms with Gasteiger partial charge in [0.2, 0.25) is 0 Å². The largest absolute Gasteiger partial charge is 0.488 e. The predicted octanol–water partition coefficient (Wildman–Crippen LogP) is 5.39. The van der Waals surface area contributed by atoms with E-state index in [2.05, 4.69) is 66.9 Å². The second-order valence-electron chi connectivity index (χ2n) is 5.57. The van der Waals surface area contributed by atoms with Crippen molar-refractivity contribution in [3.63, 3.8) is 0 Å². The van der Waals surface area contributed by atoms with Crippen LogP contribution in [0.25, 0.3) is 0 Å². The van der Waals surface area contributed by atoms with Gasteiger partial charge in [-0.1, -0.05) is 19.1 Å². The second-order valence-corrected chi connectivity index (χ2v) is 7.10. The average Bonchev–Trinajstić information content (AvgIpc) is 2.56. The van der Waals surface area contributed by atoms with Crippen LogP contribution in [0.2, 0.25) is 0 Å². The molecule has 2 aromatic carbocycles. The molecule has 0 aromatic heterocycles. The topological polar surface area (TPSA) is 30.5 Å². The van der Waals surface area contributed by atoms with Gasteiger partial charge in [0.15, 0.2) is 0 Å². The number of aryl methyl sites for hydroxylation is 3. The van der Waals surface area contributed by atoms with Crippen molar-refractivity contribution < 1.29 is 9.47 Å². The average molecular weight is 455 g/mol. The third kappa shape index (κ3) is 4.60. The number of hydrogen-bond acceptors (Lipinski definition) is 3. The van der Waals surface area contributed by atoms with Crippen molar-refractivity contribution in [1.82, 2.24) is 0 Å². The van der Waals surface area contributed by atoms with Gasteiger partial charge in [-0.2, -0.15) is 0 Å². The number of ether oxygens (including phenoxy) is 2. The summed E-state index contributed by atoms with van der Waals surface area (Å²) in [6.07, 6.45) is 0.946. The van der Waals surface area contributed by atoms with Crippen molar-refractivity contribution in [2.75, 3.05) is 12.4 Å². The first kappa shape index (κ1) is 19.0. The molecule has 0 aliphatic carbocycles. The molecule has 0 aliphatic rings. The molecule has 3 nitrogen and oxygen atoms in total. The van der Waals surface area contributed by atoms with Crippen LogP contribution >= 0.6 is 34.8 Å². The Labute approximate surface area is 162 Å². The minimum atomic E-state index is 0.346. The van der Waals surface area contributed by atoms with Gasteiger partial charge in [-0.3, -0.25) is 0 Å². The SMILES string of the molecule is CCc1cc(C)c(C)cc1OCc1c(I)cccc1NC(=S)OC. The Morgan fingerprint density at radius 2 is 1.92 bits per heavy atom. The normalized spacial score (nSPS) is 10.4. The summed E-state index contributed by atoms with van der Waals surface area (Å²) in [6.45, 7) is 6.86. The Kier molecular flexibility index (Phi) is 6.86. The zero-order valence-corrected chi connectivity index (χ0v) is 17.4. The molecule has 2 rings (SSSR count). The molecule has 0 saturated heterocycles. The third-order valence-electron chi connectivity index (χ3n) is 3.97. The van der Waals surface area contributed by atoms with E-state index in [0.717, 1.165) is 27.0 Å². The van der Waals surface area contributed by atoms with Crippen molar-refractivity contribution in [3.8, 4) is 5.75 Å². The molecular weight excluding hydrogens is 433 g/mol. The lowest BCUT2D eigenvalue weighted by Crippen LogP contribution is -2.14. The summed E-state index contributed by atoms with van der Waals surface area (Å²) in [6, 6.07) is 10.4. The molecule has 1 N–H and O–H groups in total. The predicted molar refractivity (Wildman–Crippen MR) is 112 cm³/mol. The van der Waals surface area contributed by atoms with Gasteiger partial charge in [0, 0.05) is 14.8 Å². The molecular formula is C19H22INO2S. The number of hydrogen-bond donors (Lipinski definition) is 1. The third-order valence-corrected chi connectivity index (χ3v) is 5.25. The fourth-order valence-corrected chi connectivity index (χ4v) is 3.16. The van der Waals surface area contributed by atoms with Crippen LogP contribution in [0.3, 0.4) is 0 Å². The summed E-state index contributed by atoms with van der Waals surface area (Å²) < 4.78 is 12.3. The zero-order valence-electron chi connectivity index (χ0n) is 14.4. The van der Waals surface area contributed by atoms with Gasteiger partial charge in [-0.05, 0) is 90.0 Å². The van der Waals surface area contributed by atoms with E-state index in [4.69, 9.17) is 21.7 Å². The van der Waals surface area contributed by atoms with Gasteiger partial charge >= 0.3 is 0 Å². The highest BCUT2D eigenvalue weighted by Gasteiger charge is 2.11. The smallest absolute Gasteiger partial charge is 0.260 e. The molecule has 128 valence electrons. The second kappa shape index (κ2) is 8.67. The minimum absolute atomic E-state index is 0.346. The van der Waals surface area contributed by atoms with Gasteiger partial charge in [0.1, 0.15) is 12.4 Å². The highest BCUT2D eigenvalue weighted by molar-refractivity contribution is 14.1. The summed E-state index contributed by atoms with van der Waals surface area (Å²) >= 11 is 7.43. The van der Waals surface area contributed by atoms with Gasteiger partial charge in [-0.25, -0.2) is 0 Å². The highest BCUT2D eigenvalue weighted by Crippen LogP contribution is 2.28. The number of thiocarbonyl (C=S) groups is 1. The first-order chi connectivity index (χ1) is 11.5.